The van der Waals surface area contributed by atoms with E-state index >= 15 is 0 Å². The van der Waals surface area contributed by atoms with Crippen molar-refractivity contribution in [3.05, 3.63) is 71.7 Å². The van der Waals surface area contributed by atoms with Gasteiger partial charge in [-0.2, -0.15) is 0 Å². The number of hydrogen-bond acceptors (Lipinski definition) is 2. The Morgan fingerprint density at radius 3 is 2.59 bits per heavy atom. The zero-order valence-electron chi connectivity index (χ0n) is 15.1. The van der Waals surface area contributed by atoms with Crippen LogP contribution in [0.15, 0.2) is 54.6 Å². The molecule has 1 aromatic heterocycles. The number of likely N-dealkylation sites (tertiary alicyclic amines) is 2. The van der Waals surface area contributed by atoms with Crippen LogP contribution in [0.25, 0.3) is 10.9 Å². The summed E-state index contributed by atoms with van der Waals surface area (Å²) in [5.41, 5.74) is 2.86. The molecule has 0 radical (unpaired) electrons. The van der Waals surface area contributed by atoms with E-state index in [-0.39, 0.29) is 17.3 Å². The fraction of sp³-hybridized carbons (Fsp3) is 0.318. The van der Waals surface area contributed by atoms with Gasteiger partial charge >= 0.3 is 0 Å². The molecule has 2 fully saturated rings. The van der Waals surface area contributed by atoms with Gasteiger partial charge in [0.05, 0.1) is 0 Å². The van der Waals surface area contributed by atoms with Crippen LogP contribution in [0.3, 0.4) is 0 Å². The summed E-state index contributed by atoms with van der Waals surface area (Å²) in [5.74, 6) is -0.121. The Morgan fingerprint density at radius 2 is 1.85 bits per heavy atom. The van der Waals surface area contributed by atoms with Gasteiger partial charge in [0, 0.05) is 42.6 Å². The van der Waals surface area contributed by atoms with E-state index in [2.05, 4.69) is 9.88 Å². The Balaban J connectivity index is 1.30. The lowest BCUT2D eigenvalue weighted by Crippen LogP contribution is -2.60. The first-order valence-electron chi connectivity index (χ1n) is 9.50. The first kappa shape index (κ1) is 16.5. The molecule has 3 heterocycles. The lowest BCUT2D eigenvalue weighted by molar-refractivity contribution is -0.0131. The molecule has 1 unspecified atom stereocenters. The van der Waals surface area contributed by atoms with Gasteiger partial charge in [0.1, 0.15) is 11.5 Å². The van der Waals surface area contributed by atoms with E-state index in [1.165, 1.54) is 12.1 Å². The predicted octanol–water partition coefficient (Wildman–Crippen LogP) is 3.80. The Bertz CT molecular complexity index is 963. The number of carbonyl (C=O) groups excluding carboxylic acids is 1. The van der Waals surface area contributed by atoms with E-state index in [9.17, 15) is 9.18 Å². The minimum atomic E-state index is -0.201. The standard InChI is InChI=1S/C22H22FN3O/c23-18-7-5-16(6-8-18)14-26-12-10-22(26)9-11-25(15-22)21(27)20-13-17-3-1-2-4-19(17)24-20/h1-8,13,24H,9-12,14-15H2. The number of aromatic amines is 1. The number of halogens is 1. The summed E-state index contributed by atoms with van der Waals surface area (Å²) in [5, 5.41) is 1.07. The average Bonchev–Trinajstić information content (AvgIpc) is 3.32. The van der Waals surface area contributed by atoms with Crippen LogP contribution >= 0.6 is 0 Å². The van der Waals surface area contributed by atoms with Crippen molar-refractivity contribution in [3.63, 3.8) is 0 Å². The molecule has 1 atom stereocenters. The minimum Gasteiger partial charge on any atom is -0.351 e. The van der Waals surface area contributed by atoms with Crippen molar-refractivity contribution < 1.29 is 9.18 Å². The molecule has 0 saturated carbocycles. The van der Waals surface area contributed by atoms with E-state index < -0.39 is 0 Å². The Morgan fingerprint density at radius 1 is 1.07 bits per heavy atom. The van der Waals surface area contributed by atoms with Crippen LogP contribution in [0.2, 0.25) is 0 Å². The summed E-state index contributed by atoms with van der Waals surface area (Å²) >= 11 is 0. The van der Waals surface area contributed by atoms with Crippen molar-refractivity contribution >= 4 is 16.8 Å². The van der Waals surface area contributed by atoms with Crippen LogP contribution in [-0.2, 0) is 6.54 Å². The lowest BCUT2D eigenvalue weighted by atomic mass is 9.83. The average molecular weight is 363 g/mol. The monoisotopic (exact) mass is 363 g/mol. The van der Waals surface area contributed by atoms with Crippen LogP contribution in [-0.4, -0.2) is 45.9 Å². The number of rotatable bonds is 3. The molecule has 2 aromatic carbocycles. The number of para-hydroxylation sites is 1. The third-order valence-corrected chi connectivity index (χ3v) is 6.18. The zero-order valence-corrected chi connectivity index (χ0v) is 15.1. The normalized spacial score (nSPS) is 22.5. The second kappa shape index (κ2) is 6.20. The first-order valence-corrected chi connectivity index (χ1v) is 9.50. The van der Waals surface area contributed by atoms with Crippen LogP contribution in [0, 0.1) is 5.82 Å². The minimum absolute atomic E-state index is 0.0794. The van der Waals surface area contributed by atoms with Crippen LogP contribution in [0.1, 0.15) is 28.9 Å². The Hall–Kier alpha value is -2.66. The summed E-state index contributed by atoms with van der Waals surface area (Å²) in [6, 6.07) is 16.6. The lowest BCUT2D eigenvalue weighted by Gasteiger charge is -2.50. The third-order valence-electron chi connectivity index (χ3n) is 6.18. The molecule has 1 amide bonds. The molecule has 0 aliphatic carbocycles. The van der Waals surface area contributed by atoms with Crippen molar-refractivity contribution in [2.45, 2.75) is 24.9 Å². The number of H-pyrrole nitrogens is 1. The summed E-state index contributed by atoms with van der Waals surface area (Å²) < 4.78 is 13.1. The van der Waals surface area contributed by atoms with E-state index in [0.29, 0.717) is 5.69 Å². The molecule has 2 aliphatic rings. The summed E-state index contributed by atoms with van der Waals surface area (Å²) in [4.78, 5) is 20.6. The maximum Gasteiger partial charge on any atom is 0.270 e. The molecule has 4 nitrogen and oxygen atoms in total. The maximum absolute atomic E-state index is 13.1. The molecule has 2 saturated heterocycles. The van der Waals surface area contributed by atoms with Crippen LogP contribution in [0.4, 0.5) is 4.39 Å². The second-order valence-electron chi connectivity index (χ2n) is 7.77. The molecule has 5 heteroatoms. The van der Waals surface area contributed by atoms with E-state index in [4.69, 9.17) is 0 Å². The summed E-state index contributed by atoms with van der Waals surface area (Å²) in [7, 11) is 0. The molecule has 3 aromatic rings. The van der Waals surface area contributed by atoms with Gasteiger partial charge in [-0.3, -0.25) is 9.69 Å². The van der Waals surface area contributed by atoms with Gasteiger partial charge in [0.2, 0.25) is 0 Å². The molecular weight excluding hydrogens is 341 g/mol. The molecule has 1 spiro atoms. The van der Waals surface area contributed by atoms with Gasteiger partial charge in [-0.15, -0.1) is 0 Å². The largest absolute Gasteiger partial charge is 0.351 e. The molecule has 1 N–H and O–H groups in total. The van der Waals surface area contributed by atoms with Gasteiger partial charge in [-0.05, 0) is 42.7 Å². The number of hydrogen-bond donors (Lipinski definition) is 1. The molecule has 27 heavy (non-hydrogen) atoms. The highest BCUT2D eigenvalue weighted by atomic mass is 19.1. The fourth-order valence-electron chi connectivity index (χ4n) is 4.49. The number of amides is 1. The predicted molar refractivity (Wildman–Crippen MR) is 103 cm³/mol. The molecular formula is C22H22FN3O. The molecule has 2 aliphatic heterocycles. The number of carbonyl (C=O) groups is 1. The fourth-order valence-corrected chi connectivity index (χ4v) is 4.49. The van der Waals surface area contributed by atoms with Crippen molar-refractivity contribution in [2.75, 3.05) is 19.6 Å². The molecule has 138 valence electrons. The summed E-state index contributed by atoms with van der Waals surface area (Å²) in [6.07, 6.45) is 2.12. The Labute approximate surface area is 157 Å². The molecule has 5 rings (SSSR count). The number of nitrogens with one attached hydrogen (secondary N) is 1. The van der Waals surface area contributed by atoms with Crippen molar-refractivity contribution in [3.8, 4) is 0 Å². The second-order valence-corrected chi connectivity index (χ2v) is 7.77. The van der Waals surface area contributed by atoms with Gasteiger partial charge in [0.25, 0.3) is 5.91 Å². The van der Waals surface area contributed by atoms with E-state index in [1.54, 1.807) is 0 Å². The number of fused-ring (bicyclic) bond motifs is 1. The van der Waals surface area contributed by atoms with Gasteiger partial charge in [0.15, 0.2) is 0 Å². The highest BCUT2D eigenvalue weighted by Gasteiger charge is 2.50. The van der Waals surface area contributed by atoms with Crippen LogP contribution in [0.5, 0.6) is 0 Å². The van der Waals surface area contributed by atoms with Gasteiger partial charge in [-0.1, -0.05) is 30.3 Å². The maximum atomic E-state index is 13.1. The smallest absolute Gasteiger partial charge is 0.270 e. The van der Waals surface area contributed by atoms with E-state index in [1.807, 2.05) is 47.4 Å². The van der Waals surface area contributed by atoms with Gasteiger partial charge < -0.3 is 9.88 Å². The van der Waals surface area contributed by atoms with Gasteiger partial charge in [-0.25, -0.2) is 4.39 Å². The highest BCUT2D eigenvalue weighted by Crippen LogP contribution is 2.40. The summed E-state index contributed by atoms with van der Waals surface area (Å²) in [6.45, 7) is 3.40. The highest BCUT2D eigenvalue weighted by molar-refractivity contribution is 5.98. The topological polar surface area (TPSA) is 39.3 Å². The van der Waals surface area contributed by atoms with Crippen molar-refractivity contribution in [1.82, 2.24) is 14.8 Å². The Kier molecular flexibility index (Phi) is 3.79. The first-order chi connectivity index (χ1) is 13.1. The number of benzene rings is 2. The third kappa shape index (κ3) is 2.82. The van der Waals surface area contributed by atoms with Crippen LogP contribution < -0.4 is 0 Å². The quantitative estimate of drug-likeness (QED) is 0.769. The number of nitrogens with zero attached hydrogens (tertiary/aromatic N) is 2. The zero-order chi connectivity index (χ0) is 18.4. The van der Waals surface area contributed by atoms with Crippen molar-refractivity contribution in [1.29, 1.82) is 0 Å². The van der Waals surface area contributed by atoms with E-state index in [0.717, 1.165) is 55.5 Å². The van der Waals surface area contributed by atoms with Crippen molar-refractivity contribution in [2.24, 2.45) is 0 Å². The SMILES string of the molecule is O=C(c1cc2ccccc2[nH]1)N1CCC2(CCN2Cc2ccc(F)cc2)C1. The number of aromatic nitrogens is 1. The molecule has 0 bridgehead atoms.